The lowest BCUT2D eigenvalue weighted by Gasteiger charge is -2.49. The van der Waals surface area contributed by atoms with Crippen LogP contribution < -0.4 is 11.1 Å². The fourth-order valence-electron chi connectivity index (χ4n) is 4.74. The van der Waals surface area contributed by atoms with Gasteiger partial charge in [-0.15, -0.1) is 0 Å². The highest BCUT2D eigenvalue weighted by molar-refractivity contribution is 5.79. The quantitative estimate of drug-likeness (QED) is 0.546. The normalized spacial score (nSPS) is 22.2. The number of hydrogen-bond acceptors (Lipinski definition) is 4. The van der Waals surface area contributed by atoms with E-state index in [1.807, 2.05) is 12.1 Å². The molecule has 0 radical (unpaired) electrons. The number of benzene rings is 1. The van der Waals surface area contributed by atoms with Gasteiger partial charge in [0.25, 0.3) is 0 Å². The van der Waals surface area contributed by atoms with Crippen LogP contribution in [0.4, 0.5) is 0 Å². The molecule has 152 valence electrons. The van der Waals surface area contributed by atoms with Crippen molar-refractivity contribution >= 4 is 5.91 Å². The summed E-state index contributed by atoms with van der Waals surface area (Å²) in [6.07, 6.45) is 6.40. The maximum atomic E-state index is 12.1. The maximum Gasteiger partial charge on any atom is 0.234 e. The van der Waals surface area contributed by atoms with E-state index in [0.717, 1.165) is 50.5 Å². The number of carbonyl (C=O) groups is 1. The second kappa shape index (κ2) is 9.56. The van der Waals surface area contributed by atoms with Crippen LogP contribution in [0.1, 0.15) is 70.4 Å². The molecule has 1 aliphatic rings. The molecule has 3 unspecified atom stereocenters. The summed E-state index contributed by atoms with van der Waals surface area (Å²) in [5.74, 6) is -0.0205. The molecule has 0 aliphatic heterocycles. The molecule has 0 fully saturated rings. The van der Waals surface area contributed by atoms with E-state index in [0.29, 0.717) is 0 Å². The van der Waals surface area contributed by atoms with E-state index in [-0.39, 0.29) is 35.3 Å². The molecule has 27 heavy (non-hydrogen) atoms. The van der Waals surface area contributed by atoms with Crippen LogP contribution in [0.25, 0.3) is 0 Å². The van der Waals surface area contributed by atoms with Crippen molar-refractivity contribution in [3.63, 3.8) is 0 Å². The highest BCUT2D eigenvalue weighted by Gasteiger charge is 2.47. The predicted octanol–water partition coefficient (Wildman–Crippen LogP) is 3.41. The molecule has 5 nitrogen and oxygen atoms in total. The average molecular weight is 377 g/mol. The van der Waals surface area contributed by atoms with Gasteiger partial charge in [-0.3, -0.25) is 10.1 Å². The Labute approximate surface area is 163 Å². The number of aromatic hydroxyl groups is 1. The van der Waals surface area contributed by atoms with Crippen LogP contribution in [-0.4, -0.2) is 36.3 Å². The smallest absolute Gasteiger partial charge is 0.234 e. The van der Waals surface area contributed by atoms with Gasteiger partial charge in [0.2, 0.25) is 5.91 Å². The van der Waals surface area contributed by atoms with Gasteiger partial charge in [-0.2, -0.15) is 0 Å². The Bertz CT molecular complexity index is 628. The molecular formula is C22H36N2O3. The van der Waals surface area contributed by atoms with E-state index in [2.05, 4.69) is 26.1 Å². The molecule has 0 saturated carbocycles. The zero-order valence-electron chi connectivity index (χ0n) is 17.3. The molecule has 1 aromatic rings. The van der Waals surface area contributed by atoms with Crippen molar-refractivity contribution in [1.29, 1.82) is 0 Å². The second-order valence-electron chi connectivity index (χ2n) is 7.78. The standard InChI is InChI=1S/C22H36N2O3/c1-5-8-9-10-18(21(23)26)24-20-19(27-4)13-15-11-12-16(25)14-17(15)22(20,6-2)7-3/h11-12,14,18-20,24-25H,5-10,13H2,1-4H3,(H2,23,26). The minimum atomic E-state index is -0.365. The lowest BCUT2D eigenvalue weighted by molar-refractivity contribution is -0.121. The third kappa shape index (κ3) is 4.46. The van der Waals surface area contributed by atoms with Gasteiger partial charge in [-0.05, 0) is 42.5 Å². The van der Waals surface area contributed by atoms with Crippen LogP contribution in [-0.2, 0) is 21.4 Å². The Kier molecular flexibility index (Phi) is 7.68. The molecule has 0 heterocycles. The van der Waals surface area contributed by atoms with E-state index in [1.165, 1.54) is 5.56 Å². The van der Waals surface area contributed by atoms with E-state index in [1.54, 1.807) is 13.2 Å². The SMILES string of the molecule is CCCCCC(NC1C(OC)Cc2ccc(O)cc2C1(CC)CC)C(N)=O. The van der Waals surface area contributed by atoms with E-state index in [9.17, 15) is 9.90 Å². The zero-order chi connectivity index (χ0) is 20.0. The van der Waals surface area contributed by atoms with Gasteiger partial charge in [0, 0.05) is 25.0 Å². The number of fused-ring (bicyclic) bond motifs is 1. The monoisotopic (exact) mass is 376 g/mol. The Morgan fingerprint density at radius 2 is 2.04 bits per heavy atom. The van der Waals surface area contributed by atoms with Gasteiger partial charge in [-0.1, -0.05) is 46.1 Å². The van der Waals surface area contributed by atoms with Gasteiger partial charge in [0.15, 0.2) is 0 Å². The summed E-state index contributed by atoms with van der Waals surface area (Å²) < 4.78 is 5.88. The van der Waals surface area contributed by atoms with Crippen LogP contribution >= 0.6 is 0 Å². The molecule has 4 N–H and O–H groups in total. The van der Waals surface area contributed by atoms with E-state index in [4.69, 9.17) is 10.5 Å². The van der Waals surface area contributed by atoms with Gasteiger partial charge in [0.1, 0.15) is 5.75 Å². The van der Waals surface area contributed by atoms with Crippen molar-refractivity contribution in [1.82, 2.24) is 5.32 Å². The van der Waals surface area contributed by atoms with Crippen molar-refractivity contribution in [2.75, 3.05) is 7.11 Å². The van der Waals surface area contributed by atoms with Crippen molar-refractivity contribution in [2.24, 2.45) is 5.73 Å². The highest BCUT2D eigenvalue weighted by Crippen LogP contribution is 2.45. The van der Waals surface area contributed by atoms with Crippen molar-refractivity contribution in [3.05, 3.63) is 29.3 Å². The van der Waals surface area contributed by atoms with Gasteiger partial charge in [0.05, 0.1) is 12.1 Å². The van der Waals surface area contributed by atoms with Crippen LogP contribution in [0.15, 0.2) is 18.2 Å². The molecular weight excluding hydrogens is 340 g/mol. The summed E-state index contributed by atoms with van der Waals surface area (Å²) in [7, 11) is 1.73. The largest absolute Gasteiger partial charge is 0.508 e. The topological polar surface area (TPSA) is 84.6 Å². The zero-order valence-corrected chi connectivity index (χ0v) is 17.3. The number of nitrogens with one attached hydrogen (secondary N) is 1. The number of phenolic OH excluding ortho intramolecular Hbond substituents is 1. The number of primary amides is 1. The lowest BCUT2D eigenvalue weighted by Crippen LogP contribution is -2.62. The summed E-state index contributed by atoms with van der Waals surface area (Å²) in [6.45, 7) is 6.48. The minimum Gasteiger partial charge on any atom is -0.508 e. The summed E-state index contributed by atoms with van der Waals surface area (Å²) in [5.41, 5.74) is 7.89. The third-order valence-corrected chi connectivity index (χ3v) is 6.40. The van der Waals surface area contributed by atoms with Gasteiger partial charge < -0.3 is 15.6 Å². The first-order valence-electron chi connectivity index (χ1n) is 10.3. The molecule has 2 rings (SSSR count). The van der Waals surface area contributed by atoms with E-state index < -0.39 is 0 Å². The number of amides is 1. The number of carbonyl (C=O) groups excluding carboxylic acids is 1. The number of methoxy groups -OCH3 is 1. The molecule has 0 aromatic heterocycles. The third-order valence-electron chi connectivity index (χ3n) is 6.40. The summed E-state index contributed by atoms with van der Waals surface area (Å²) in [4.78, 5) is 12.1. The first-order valence-corrected chi connectivity index (χ1v) is 10.3. The number of phenols is 1. The van der Waals surface area contributed by atoms with Crippen molar-refractivity contribution in [3.8, 4) is 5.75 Å². The Morgan fingerprint density at radius 1 is 1.33 bits per heavy atom. The number of hydrogen-bond donors (Lipinski definition) is 3. The number of rotatable bonds is 10. The molecule has 1 aliphatic carbocycles. The average Bonchev–Trinajstić information content (AvgIpc) is 2.66. The molecule has 0 bridgehead atoms. The lowest BCUT2D eigenvalue weighted by atomic mass is 9.62. The van der Waals surface area contributed by atoms with E-state index >= 15 is 0 Å². The molecule has 0 saturated heterocycles. The van der Waals surface area contributed by atoms with Crippen LogP contribution in [0.5, 0.6) is 5.75 Å². The van der Waals surface area contributed by atoms with Crippen molar-refractivity contribution in [2.45, 2.75) is 89.3 Å². The summed E-state index contributed by atoms with van der Waals surface area (Å²) in [5, 5.41) is 13.7. The first-order chi connectivity index (χ1) is 12.9. The number of ether oxygens (including phenoxy) is 1. The Morgan fingerprint density at radius 3 is 2.59 bits per heavy atom. The molecule has 5 heteroatoms. The number of unbranched alkanes of at least 4 members (excludes halogenated alkanes) is 2. The van der Waals surface area contributed by atoms with Gasteiger partial charge in [-0.25, -0.2) is 0 Å². The Hall–Kier alpha value is -1.59. The molecule has 1 aromatic carbocycles. The van der Waals surface area contributed by atoms with Crippen LogP contribution in [0.3, 0.4) is 0 Å². The van der Waals surface area contributed by atoms with Gasteiger partial charge >= 0.3 is 0 Å². The molecule has 0 spiro atoms. The number of nitrogens with two attached hydrogens (primary N) is 1. The maximum absolute atomic E-state index is 12.1. The second-order valence-corrected chi connectivity index (χ2v) is 7.78. The molecule has 3 atom stereocenters. The summed E-state index contributed by atoms with van der Waals surface area (Å²) in [6, 6.07) is 5.23. The first kappa shape index (κ1) is 21.7. The highest BCUT2D eigenvalue weighted by atomic mass is 16.5. The van der Waals surface area contributed by atoms with Crippen molar-refractivity contribution < 1.29 is 14.6 Å². The van der Waals surface area contributed by atoms with Crippen LogP contribution in [0, 0.1) is 0 Å². The fourth-order valence-corrected chi connectivity index (χ4v) is 4.74. The fraction of sp³-hybridized carbons (Fsp3) is 0.682. The minimum absolute atomic E-state index is 0.0362. The Balaban J connectivity index is 2.42. The van der Waals surface area contributed by atoms with Crippen LogP contribution in [0.2, 0.25) is 0 Å². The molecule has 1 amide bonds. The summed E-state index contributed by atoms with van der Waals surface area (Å²) >= 11 is 0. The predicted molar refractivity (Wildman–Crippen MR) is 109 cm³/mol.